The molecule has 0 amide bonds. The van der Waals surface area contributed by atoms with Crippen molar-refractivity contribution in [1.82, 2.24) is 0 Å². The van der Waals surface area contributed by atoms with Crippen LogP contribution in [-0.2, 0) is 0 Å². The third-order valence-corrected chi connectivity index (χ3v) is 2.49. The zero-order valence-electron chi connectivity index (χ0n) is 8.10. The predicted octanol–water partition coefficient (Wildman–Crippen LogP) is 3.88. The molecule has 0 atom stereocenters. The minimum atomic E-state index is 1.10. The normalized spacial score (nSPS) is 13.1. The van der Waals surface area contributed by atoms with Crippen LogP contribution in [0.25, 0.3) is 6.08 Å². The van der Waals surface area contributed by atoms with Crippen molar-refractivity contribution in [2.45, 2.75) is 19.8 Å². The van der Waals surface area contributed by atoms with E-state index in [0.717, 1.165) is 5.56 Å². The zero-order chi connectivity index (χ0) is 9.97. The van der Waals surface area contributed by atoms with Crippen LogP contribution in [0.2, 0.25) is 0 Å². The summed E-state index contributed by atoms with van der Waals surface area (Å²) < 4.78 is 0. The van der Waals surface area contributed by atoms with Gasteiger partial charge in [-0.1, -0.05) is 35.3 Å². The summed E-state index contributed by atoms with van der Waals surface area (Å²) in [5, 5.41) is 0. The maximum absolute atomic E-state index is 3.14. The molecule has 0 radical (unpaired) electrons. The van der Waals surface area contributed by atoms with Crippen molar-refractivity contribution in [3.63, 3.8) is 0 Å². The molecule has 1 aliphatic carbocycles. The molecule has 14 heavy (non-hydrogen) atoms. The lowest BCUT2D eigenvalue weighted by Crippen LogP contribution is -1.83. The Balaban J connectivity index is 2.45. The highest BCUT2D eigenvalue weighted by molar-refractivity contribution is 9.12. The Kier molecular flexibility index (Phi) is 2.74. The van der Waals surface area contributed by atoms with Crippen LogP contribution in [0, 0.1) is 17.7 Å². The highest BCUT2D eigenvalue weighted by atomic mass is 79.9. The highest BCUT2D eigenvalue weighted by Crippen LogP contribution is 2.31. The van der Waals surface area contributed by atoms with Gasteiger partial charge in [0.1, 0.15) is 0 Å². The predicted molar refractivity (Wildman–Crippen MR) is 64.2 cm³/mol. The van der Waals surface area contributed by atoms with E-state index in [1.807, 2.05) is 0 Å². The minimum absolute atomic E-state index is 1.10. The molecular formula is C13H11Br. The Labute approximate surface area is 93.2 Å². The summed E-state index contributed by atoms with van der Waals surface area (Å²) in [5.74, 6) is 3.06. The van der Waals surface area contributed by atoms with Gasteiger partial charge in [0.2, 0.25) is 0 Å². The SMILES string of the molecule is Cc1ccc(C#CBr)c(C=C2CC2)c1. The van der Waals surface area contributed by atoms with Crippen molar-refractivity contribution >= 4 is 22.0 Å². The van der Waals surface area contributed by atoms with Gasteiger partial charge >= 0.3 is 0 Å². The molecule has 0 N–H and O–H groups in total. The summed E-state index contributed by atoms with van der Waals surface area (Å²) >= 11 is 3.14. The van der Waals surface area contributed by atoms with Gasteiger partial charge in [0.25, 0.3) is 0 Å². The first kappa shape index (κ1) is 9.55. The van der Waals surface area contributed by atoms with E-state index >= 15 is 0 Å². The minimum Gasteiger partial charge on any atom is -0.0689 e. The Morgan fingerprint density at radius 1 is 1.36 bits per heavy atom. The maximum Gasteiger partial charge on any atom is 0.0326 e. The van der Waals surface area contributed by atoms with E-state index in [4.69, 9.17) is 0 Å². The highest BCUT2D eigenvalue weighted by Gasteiger charge is 2.11. The lowest BCUT2D eigenvalue weighted by atomic mass is 10.0. The van der Waals surface area contributed by atoms with E-state index in [1.165, 1.54) is 29.5 Å². The van der Waals surface area contributed by atoms with E-state index in [-0.39, 0.29) is 0 Å². The second-order valence-electron chi connectivity index (χ2n) is 3.61. The molecule has 0 heterocycles. The number of aryl methyl sites for hydroxylation is 1. The van der Waals surface area contributed by atoms with E-state index < -0.39 is 0 Å². The number of halogens is 1. The monoisotopic (exact) mass is 246 g/mol. The van der Waals surface area contributed by atoms with Crippen LogP contribution >= 0.6 is 15.9 Å². The van der Waals surface area contributed by atoms with Crippen molar-refractivity contribution < 1.29 is 0 Å². The summed E-state index contributed by atoms with van der Waals surface area (Å²) in [5.41, 5.74) is 5.18. The van der Waals surface area contributed by atoms with Gasteiger partial charge in [-0.15, -0.1) is 0 Å². The molecule has 1 heteroatoms. The lowest BCUT2D eigenvalue weighted by molar-refractivity contribution is 1.44. The topological polar surface area (TPSA) is 0 Å². The molecule has 1 aromatic rings. The van der Waals surface area contributed by atoms with Gasteiger partial charge in [0.05, 0.1) is 0 Å². The standard InChI is InChI=1S/C13H11Br/c1-10-2-5-12(6-7-14)13(8-10)9-11-3-4-11/h2,5,8-9H,3-4H2,1H3. The maximum atomic E-state index is 3.14. The molecule has 0 bridgehead atoms. The number of benzene rings is 1. The van der Waals surface area contributed by atoms with Gasteiger partial charge in [-0.05, 0) is 36.2 Å². The second kappa shape index (κ2) is 4.02. The Hall–Kier alpha value is -1.00. The van der Waals surface area contributed by atoms with Crippen molar-refractivity contribution in [3.05, 3.63) is 40.5 Å². The van der Waals surface area contributed by atoms with Crippen molar-refractivity contribution in [2.24, 2.45) is 0 Å². The fourth-order valence-electron chi connectivity index (χ4n) is 1.40. The van der Waals surface area contributed by atoms with Crippen LogP contribution in [-0.4, -0.2) is 0 Å². The average Bonchev–Trinajstić information content (AvgIpc) is 2.94. The largest absolute Gasteiger partial charge is 0.0689 e. The van der Waals surface area contributed by atoms with Gasteiger partial charge < -0.3 is 0 Å². The number of allylic oxidation sites excluding steroid dienone is 1. The van der Waals surface area contributed by atoms with Crippen LogP contribution < -0.4 is 0 Å². The molecule has 0 nitrogen and oxygen atoms in total. The number of hydrogen-bond acceptors (Lipinski definition) is 0. The van der Waals surface area contributed by atoms with Crippen molar-refractivity contribution in [3.8, 4) is 10.8 Å². The van der Waals surface area contributed by atoms with Crippen molar-refractivity contribution in [2.75, 3.05) is 0 Å². The van der Waals surface area contributed by atoms with Gasteiger partial charge in [0.15, 0.2) is 0 Å². The molecule has 1 aromatic carbocycles. The Bertz CT molecular complexity index is 438. The molecule has 1 fully saturated rings. The second-order valence-corrected chi connectivity index (χ2v) is 4.01. The molecule has 0 unspecified atom stereocenters. The van der Waals surface area contributed by atoms with Crippen LogP contribution in [0.15, 0.2) is 23.8 Å². The molecule has 0 aromatic heterocycles. The third kappa shape index (κ3) is 2.27. The third-order valence-electron chi connectivity index (χ3n) is 2.29. The van der Waals surface area contributed by atoms with Crippen LogP contribution in [0.1, 0.15) is 29.5 Å². The summed E-state index contributed by atoms with van der Waals surface area (Å²) in [7, 11) is 0. The quantitative estimate of drug-likeness (QED) is 0.660. The van der Waals surface area contributed by atoms with Crippen molar-refractivity contribution in [1.29, 1.82) is 0 Å². The van der Waals surface area contributed by atoms with Gasteiger partial charge in [-0.3, -0.25) is 0 Å². The zero-order valence-corrected chi connectivity index (χ0v) is 9.69. The lowest BCUT2D eigenvalue weighted by Gasteiger charge is -2.00. The molecule has 2 rings (SSSR count). The van der Waals surface area contributed by atoms with Crippen LogP contribution in [0.5, 0.6) is 0 Å². The number of hydrogen-bond donors (Lipinski definition) is 0. The van der Waals surface area contributed by atoms with E-state index in [0.29, 0.717) is 0 Å². The first-order chi connectivity index (χ1) is 6.79. The van der Waals surface area contributed by atoms with Gasteiger partial charge in [-0.2, -0.15) is 0 Å². The van der Waals surface area contributed by atoms with Gasteiger partial charge in [0, 0.05) is 21.5 Å². The molecule has 1 aliphatic rings. The molecule has 0 aliphatic heterocycles. The first-order valence-electron chi connectivity index (χ1n) is 4.71. The summed E-state index contributed by atoms with van der Waals surface area (Å²) in [4.78, 5) is 2.77. The molecular weight excluding hydrogens is 236 g/mol. The molecule has 70 valence electrons. The smallest absolute Gasteiger partial charge is 0.0326 e. The fourth-order valence-corrected chi connectivity index (χ4v) is 1.62. The Morgan fingerprint density at radius 2 is 2.14 bits per heavy atom. The van der Waals surface area contributed by atoms with Crippen LogP contribution in [0.3, 0.4) is 0 Å². The molecule has 1 saturated carbocycles. The molecule has 0 spiro atoms. The first-order valence-corrected chi connectivity index (χ1v) is 5.50. The van der Waals surface area contributed by atoms with E-state index in [2.05, 4.69) is 57.9 Å². The van der Waals surface area contributed by atoms with E-state index in [1.54, 1.807) is 0 Å². The average molecular weight is 247 g/mol. The number of rotatable bonds is 1. The van der Waals surface area contributed by atoms with E-state index in [9.17, 15) is 0 Å². The Morgan fingerprint density at radius 3 is 2.79 bits per heavy atom. The van der Waals surface area contributed by atoms with Gasteiger partial charge in [-0.25, -0.2) is 0 Å². The summed E-state index contributed by atoms with van der Waals surface area (Å²) in [6.45, 7) is 2.11. The summed E-state index contributed by atoms with van der Waals surface area (Å²) in [6.07, 6.45) is 4.78. The molecule has 0 saturated heterocycles. The van der Waals surface area contributed by atoms with Crippen LogP contribution in [0.4, 0.5) is 0 Å². The fraction of sp³-hybridized carbons (Fsp3) is 0.231. The summed E-state index contributed by atoms with van der Waals surface area (Å²) in [6, 6.07) is 6.37.